The van der Waals surface area contributed by atoms with Crippen LogP contribution in [0.15, 0.2) is 17.0 Å². The van der Waals surface area contributed by atoms with Gasteiger partial charge in [0, 0.05) is 4.90 Å². The number of rotatable bonds is 0. The number of hydrogen-bond donors (Lipinski definition) is 1. The largest absolute Gasteiger partial charge is 2.00 e. The molecule has 0 atom stereocenters. The number of thiol groups is 1. The quantitative estimate of drug-likeness (QED) is 0.502. The molecule has 0 radical (unpaired) electrons. The molecule has 0 aliphatic heterocycles. The second-order valence-corrected chi connectivity index (χ2v) is 3.20. The fourth-order valence-corrected chi connectivity index (χ4v) is 1.20. The van der Waals surface area contributed by atoms with Crippen molar-refractivity contribution in [3.8, 4) is 0 Å². The third-order valence-electron chi connectivity index (χ3n) is 1.81. The minimum Gasteiger partial charge on any atom is -0.143 e. The van der Waals surface area contributed by atoms with Crippen LogP contribution in [-0.4, -0.2) is 0 Å². The Hall–Kier alpha value is 0.193. The molecule has 0 bridgehead atoms. The zero-order valence-electron chi connectivity index (χ0n) is 7.31. The van der Waals surface area contributed by atoms with Crippen molar-refractivity contribution in [2.45, 2.75) is 25.7 Å². The molecule has 54 valence electrons. The fourth-order valence-electron chi connectivity index (χ4n) is 0.945. The van der Waals surface area contributed by atoms with Gasteiger partial charge in [-0.2, -0.15) is 0 Å². The van der Waals surface area contributed by atoms with Gasteiger partial charge in [-0.15, -0.1) is 12.6 Å². The van der Waals surface area contributed by atoms with E-state index in [4.69, 9.17) is 0 Å². The first-order valence-electron chi connectivity index (χ1n) is 3.38. The molecule has 0 unspecified atom stereocenters. The van der Waals surface area contributed by atoms with E-state index in [1.165, 1.54) is 16.7 Å². The summed E-state index contributed by atoms with van der Waals surface area (Å²) in [5.41, 5.74) is 3.91. The molecule has 0 fully saturated rings. The average Bonchev–Trinajstić information content (AvgIpc) is 1.84. The summed E-state index contributed by atoms with van der Waals surface area (Å²) in [5.74, 6) is 0. The Morgan fingerprint density at radius 1 is 0.909 bits per heavy atom. The first-order chi connectivity index (χ1) is 4.61. The van der Waals surface area contributed by atoms with Crippen LogP contribution in [0.5, 0.6) is 0 Å². The molecule has 2 heteroatoms. The van der Waals surface area contributed by atoms with Gasteiger partial charge in [0.2, 0.25) is 0 Å². The van der Waals surface area contributed by atoms with Crippen LogP contribution in [-0.2, 0) is 19.5 Å². The molecule has 1 aromatic rings. The van der Waals surface area contributed by atoms with Gasteiger partial charge in [0.05, 0.1) is 0 Å². The third kappa shape index (κ3) is 2.61. The van der Waals surface area contributed by atoms with Crippen LogP contribution in [0.25, 0.3) is 0 Å². The summed E-state index contributed by atoms with van der Waals surface area (Å²) in [4.78, 5) is 1.09. The Balaban J connectivity index is 0.000001000. The summed E-state index contributed by atoms with van der Waals surface area (Å²) < 4.78 is 0. The summed E-state index contributed by atoms with van der Waals surface area (Å²) in [6.07, 6.45) is 0. The molecule has 0 amide bonds. The first kappa shape index (κ1) is 11.2. The van der Waals surface area contributed by atoms with Gasteiger partial charge >= 0.3 is 19.5 Å². The maximum atomic E-state index is 4.31. The molecule has 0 heterocycles. The van der Waals surface area contributed by atoms with Crippen LogP contribution in [0, 0.1) is 20.8 Å². The van der Waals surface area contributed by atoms with Crippen molar-refractivity contribution in [2.24, 2.45) is 0 Å². The maximum absolute atomic E-state index is 4.31. The predicted molar refractivity (Wildman–Crippen MR) is 47.9 cm³/mol. The predicted octanol–water partition coefficient (Wildman–Crippen LogP) is 2.90. The Morgan fingerprint density at radius 2 is 1.36 bits per heavy atom. The van der Waals surface area contributed by atoms with Crippen LogP contribution >= 0.6 is 12.6 Å². The van der Waals surface area contributed by atoms with Gasteiger partial charge < -0.3 is 0 Å². The van der Waals surface area contributed by atoms with Gasteiger partial charge in [-0.1, -0.05) is 6.07 Å². The van der Waals surface area contributed by atoms with Crippen molar-refractivity contribution in [3.63, 3.8) is 0 Å². The molecule has 0 aromatic heterocycles. The minimum atomic E-state index is 0. The average molecular weight is 218 g/mol. The molecule has 0 saturated heterocycles. The minimum absolute atomic E-state index is 0. The summed E-state index contributed by atoms with van der Waals surface area (Å²) in [6.45, 7) is 6.30. The van der Waals surface area contributed by atoms with Gasteiger partial charge in [0.1, 0.15) is 0 Å². The summed E-state index contributed by atoms with van der Waals surface area (Å²) in [7, 11) is 0. The van der Waals surface area contributed by atoms with Gasteiger partial charge in [-0.3, -0.25) is 0 Å². The molecule has 0 nitrogen and oxygen atoms in total. The Bertz CT molecular complexity index is 206. The van der Waals surface area contributed by atoms with Crippen LogP contribution in [0.4, 0.5) is 0 Å². The van der Waals surface area contributed by atoms with E-state index >= 15 is 0 Å². The van der Waals surface area contributed by atoms with Gasteiger partial charge in [0.25, 0.3) is 0 Å². The smallest absolute Gasteiger partial charge is 0.143 e. The number of aryl methyl sites for hydroxylation is 3. The second kappa shape index (κ2) is 4.28. The topological polar surface area (TPSA) is 0 Å². The van der Waals surface area contributed by atoms with E-state index < -0.39 is 0 Å². The van der Waals surface area contributed by atoms with E-state index in [0.29, 0.717) is 0 Å². The SMILES string of the molecule is Cc1cc(C)c(S)cc1C.[Zn+2]. The Labute approximate surface area is 86.6 Å². The molecule has 11 heavy (non-hydrogen) atoms. The number of benzene rings is 1. The molecule has 0 spiro atoms. The monoisotopic (exact) mass is 216 g/mol. The van der Waals surface area contributed by atoms with Crippen LogP contribution < -0.4 is 0 Å². The van der Waals surface area contributed by atoms with Gasteiger partial charge in [0.15, 0.2) is 0 Å². The molecule has 1 rings (SSSR count). The van der Waals surface area contributed by atoms with Crippen LogP contribution in [0.1, 0.15) is 16.7 Å². The van der Waals surface area contributed by atoms with Gasteiger partial charge in [-0.25, -0.2) is 0 Å². The van der Waals surface area contributed by atoms with E-state index in [-0.39, 0.29) is 19.5 Å². The zero-order valence-corrected chi connectivity index (χ0v) is 11.2. The fraction of sp³-hybridized carbons (Fsp3) is 0.333. The maximum Gasteiger partial charge on any atom is 2.00 e. The summed E-state index contributed by atoms with van der Waals surface area (Å²) in [6, 6.07) is 4.27. The molecule has 0 aliphatic rings. The van der Waals surface area contributed by atoms with E-state index in [9.17, 15) is 0 Å². The standard InChI is InChI=1S/C9H12S.Zn/c1-6-4-8(3)9(10)5-7(6)2;/h4-5,10H,1-3H3;/q;+2. The van der Waals surface area contributed by atoms with Crippen molar-refractivity contribution < 1.29 is 19.5 Å². The van der Waals surface area contributed by atoms with Crippen molar-refractivity contribution in [3.05, 3.63) is 28.8 Å². The van der Waals surface area contributed by atoms with Crippen LogP contribution in [0.2, 0.25) is 0 Å². The van der Waals surface area contributed by atoms with Crippen molar-refractivity contribution >= 4 is 12.6 Å². The third-order valence-corrected chi connectivity index (χ3v) is 2.29. The Morgan fingerprint density at radius 3 is 1.82 bits per heavy atom. The summed E-state index contributed by atoms with van der Waals surface area (Å²) >= 11 is 4.31. The second-order valence-electron chi connectivity index (χ2n) is 2.72. The molecular weight excluding hydrogens is 206 g/mol. The van der Waals surface area contributed by atoms with E-state index in [2.05, 4.69) is 45.5 Å². The first-order valence-corrected chi connectivity index (χ1v) is 3.83. The van der Waals surface area contributed by atoms with Gasteiger partial charge in [-0.05, 0) is 43.5 Å². The Kier molecular flexibility index (Phi) is 4.35. The van der Waals surface area contributed by atoms with E-state index in [0.717, 1.165) is 4.90 Å². The van der Waals surface area contributed by atoms with E-state index in [1.54, 1.807) is 0 Å². The summed E-state index contributed by atoms with van der Waals surface area (Å²) in [5, 5.41) is 0. The van der Waals surface area contributed by atoms with Crippen molar-refractivity contribution in [1.82, 2.24) is 0 Å². The van der Waals surface area contributed by atoms with Crippen molar-refractivity contribution in [1.29, 1.82) is 0 Å². The molecular formula is C9H12SZn+2. The number of hydrogen-bond acceptors (Lipinski definition) is 1. The molecule has 1 aromatic carbocycles. The van der Waals surface area contributed by atoms with Crippen LogP contribution in [0.3, 0.4) is 0 Å². The zero-order chi connectivity index (χ0) is 7.72. The molecule has 0 aliphatic carbocycles. The molecule has 0 saturated carbocycles. The normalized spacial score (nSPS) is 9.09. The van der Waals surface area contributed by atoms with Crippen molar-refractivity contribution in [2.75, 3.05) is 0 Å². The molecule has 0 N–H and O–H groups in total. The van der Waals surface area contributed by atoms with E-state index in [1.807, 2.05) is 0 Å².